The lowest BCUT2D eigenvalue weighted by Gasteiger charge is -2.25. The number of carbonyl (C=O) groups is 3. The van der Waals surface area contributed by atoms with E-state index in [1.807, 2.05) is 0 Å². The first kappa shape index (κ1) is 22.9. The van der Waals surface area contributed by atoms with E-state index < -0.39 is 23.7 Å². The Morgan fingerprint density at radius 1 is 1.03 bits per heavy atom. The van der Waals surface area contributed by atoms with Crippen molar-refractivity contribution in [2.75, 3.05) is 13.7 Å². The third kappa shape index (κ3) is 4.74. The monoisotopic (exact) mass is 439 g/mol. The van der Waals surface area contributed by atoms with E-state index in [1.54, 1.807) is 36.4 Å². The number of carboxylic acid groups (broad SMARTS) is 1. The third-order valence-electron chi connectivity index (χ3n) is 5.40. The number of rotatable bonds is 9. The summed E-state index contributed by atoms with van der Waals surface area (Å²) in [5.41, 5.74) is 0.865. The Labute approximate surface area is 185 Å². The van der Waals surface area contributed by atoms with Crippen molar-refractivity contribution in [3.8, 4) is 11.5 Å². The van der Waals surface area contributed by atoms with Crippen LogP contribution in [0.15, 0.2) is 54.1 Å². The molecule has 8 nitrogen and oxygen atoms in total. The van der Waals surface area contributed by atoms with E-state index in [1.165, 1.54) is 24.1 Å². The van der Waals surface area contributed by atoms with Crippen LogP contribution < -0.4 is 4.74 Å². The van der Waals surface area contributed by atoms with E-state index in [-0.39, 0.29) is 35.8 Å². The van der Waals surface area contributed by atoms with Gasteiger partial charge in [0.1, 0.15) is 5.76 Å². The molecule has 168 valence electrons. The summed E-state index contributed by atoms with van der Waals surface area (Å²) < 4.78 is 5.18. The predicted octanol–water partition coefficient (Wildman–Crippen LogP) is 3.47. The fraction of sp³-hybridized carbons (Fsp3) is 0.292. The minimum absolute atomic E-state index is 0.0331. The molecule has 1 atom stereocenters. The average molecular weight is 439 g/mol. The van der Waals surface area contributed by atoms with Gasteiger partial charge < -0.3 is 25.0 Å². The summed E-state index contributed by atoms with van der Waals surface area (Å²) >= 11 is 0. The molecule has 1 heterocycles. The van der Waals surface area contributed by atoms with E-state index in [0.717, 1.165) is 0 Å². The highest BCUT2D eigenvalue weighted by atomic mass is 16.5. The second-order valence-electron chi connectivity index (χ2n) is 7.49. The highest BCUT2D eigenvalue weighted by molar-refractivity contribution is 6.46. The van der Waals surface area contributed by atoms with Gasteiger partial charge in [-0.1, -0.05) is 42.8 Å². The Hall–Kier alpha value is -3.81. The van der Waals surface area contributed by atoms with Crippen molar-refractivity contribution >= 4 is 23.4 Å². The van der Waals surface area contributed by atoms with Gasteiger partial charge in [0, 0.05) is 18.5 Å². The standard InChI is InChI=1S/C24H25NO7/c1-32-18-14-16(11-12-17(18)26)21-20(22(29)15-8-4-2-5-9-15)23(30)24(31)25(21)13-7-3-6-10-19(27)28/h2,4-5,8-9,11-12,14,21,26,29H,3,6-7,10,13H2,1H3,(H,27,28). The number of hydrogen-bond donors (Lipinski definition) is 3. The second-order valence-corrected chi connectivity index (χ2v) is 7.49. The lowest BCUT2D eigenvalue weighted by Crippen LogP contribution is -2.30. The van der Waals surface area contributed by atoms with Gasteiger partial charge in [0.25, 0.3) is 11.7 Å². The number of aliphatic hydroxyl groups is 1. The molecule has 8 heteroatoms. The number of likely N-dealkylation sites (tertiary alicyclic amines) is 1. The first-order chi connectivity index (χ1) is 15.3. The lowest BCUT2D eigenvalue weighted by molar-refractivity contribution is -0.140. The molecule has 0 radical (unpaired) electrons. The number of amides is 1. The maximum atomic E-state index is 12.9. The summed E-state index contributed by atoms with van der Waals surface area (Å²) in [6.07, 6.45) is 1.56. The Morgan fingerprint density at radius 3 is 2.41 bits per heavy atom. The number of carbonyl (C=O) groups excluding carboxylic acids is 2. The van der Waals surface area contributed by atoms with E-state index in [9.17, 15) is 24.6 Å². The minimum Gasteiger partial charge on any atom is -0.507 e. The van der Waals surface area contributed by atoms with Gasteiger partial charge in [-0.3, -0.25) is 14.4 Å². The van der Waals surface area contributed by atoms with Crippen LogP contribution in [0.1, 0.15) is 42.9 Å². The number of aromatic hydroxyl groups is 1. The van der Waals surface area contributed by atoms with Crippen molar-refractivity contribution in [1.29, 1.82) is 0 Å². The number of phenols is 1. The molecule has 2 aromatic rings. The minimum atomic E-state index is -0.885. The van der Waals surface area contributed by atoms with Crippen molar-refractivity contribution in [3.05, 3.63) is 65.2 Å². The molecule has 0 aromatic heterocycles. The molecule has 1 unspecified atom stereocenters. The van der Waals surface area contributed by atoms with Gasteiger partial charge >= 0.3 is 5.97 Å². The molecule has 0 saturated carbocycles. The molecule has 0 aliphatic carbocycles. The van der Waals surface area contributed by atoms with Gasteiger partial charge in [-0.25, -0.2) is 0 Å². The molecule has 32 heavy (non-hydrogen) atoms. The Morgan fingerprint density at radius 2 is 1.75 bits per heavy atom. The zero-order chi connectivity index (χ0) is 23.3. The van der Waals surface area contributed by atoms with Crippen LogP contribution in [0.2, 0.25) is 0 Å². The van der Waals surface area contributed by atoms with Gasteiger partial charge in [0.15, 0.2) is 11.5 Å². The van der Waals surface area contributed by atoms with Crippen molar-refractivity contribution in [1.82, 2.24) is 4.90 Å². The second kappa shape index (κ2) is 10.00. The summed E-state index contributed by atoms with van der Waals surface area (Å²) in [6, 6.07) is 12.1. The normalized spacial score (nSPS) is 17.5. The number of methoxy groups -OCH3 is 1. The van der Waals surface area contributed by atoms with Crippen LogP contribution in [0, 0.1) is 0 Å². The van der Waals surface area contributed by atoms with Crippen LogP contribution >= 0.6 is 0 Å². The van der Waals surface area contributed by atoms with Crippen molar-refractivity contribution in [2.45, 2.75) is 31.7 Å². The summed E-state index contributed by atoms with van der Waals surface area (Å²) in [6.45, 7) is 0.212. The SMILES string of the molecule is COc1cc(C2C(=C(O)c3ccccc3)C(=O)C(=O)N2CCCCCC(=O)O)ccc1O. The number of phenolic OH excluding ortho intramolecular Hbond substituents is 1. The first-order valence-electron chi connectivity index (χ1n) is 10.3. The number of unbranched alkanes of at least 4 members (excludes halogenated alkanes) is 2. The van der Waals surface area contributed by atoms with Gasteiger partial charge in [-0.2, -0.15) is 0 Å². The zero-order valence-corrected chi connectivity index (χ0v) is 17.7. The third-order valence-corrected chi connectivity index (χ3v) is 5.40. The maximum Gasteiger partial charge on any atom is 0.303 e. The quantitative estimate of drug-likeness (QED) is 0.236. The van der Waals surface area contributed by atoms with Gasteiger partial charge in [-0.15, -0.1) is 0 Å². The van der Waals surface area contributed by atoms with Crippen molar-refractivity contribution in [2.24, 2.45) is 0 Å². The van der Waals surface area contributed by atoms with E-state index >= 15 is 0 Å². The number of aliphatic carboxylic acids is 1. The largest absolute Gasteiger partial charge is 0.507 e. The van der Waals surface area contributed by atoms with Gasteiger partial charge in [0.2, 0.25) is 0 Å². The first-order valence-corrected chi connectivity index (χ1v) is 10.3. The highest BCUT2D eigenvalue weighted by Gasteiger charge is 2.46. The molecule has 3 rings (SSSR count). The molecule has 0 bridgehead atoms. The van der Waals surface area contributed by atoms with Gasteiger partial charge in [0.05, 0.1) is 18.7 Å². The van der Waals surface area contributed by atoms with Gasteiger partial charge in [-0.05, 0) is 30.5 Å². The van der Waals surface area contributed by atoms with Crippen LogP contribution in [0.5, 0.6) is 11.5 Å². The molecule has 1 amide bonds. The molecular weight excluding hydrogens is 414 g/mol. The Kier molecular flexibility index (Phi) is 7.14. The molecule has 1 fully saturated rings. The van der Waals surface area contributed by atoms with Crippen LogP contribution in [0.4, 0.5) is 0 Å². The van der Waals surface area contributed by atoms with E-state index in [4.69, 9.17) is 9.84 Å². The highest BCUT2D eigenvalue weighted by Crippen LogP contribution is 2.41. The number of ketones is 1. The molecule has 1 aliphatic rings. The van der Waals surface area contributed by atoms with Crippen LogP contribution in [0.25, 0.3) is 5.76 Å². The molecule has 1 aliphatic heterocycles. The number of Topliss-reactive ketones (excluding diaryl/α,β-unsaturated/α-hetero) is 1. The molecule has 0 spiro atoms. The number of nitrogens with zero attached hydrogens (tertiary/aromatic N) is 1. The maximum absolute atomic E-state index is 12.9. The predicted molar refractivity (Wildman–Crippen MR) is 116 cm³/mol. The van der Waals surface area contributed by atoms with E-state index in [2.05, 4.69) is 0 Å². The topological polar surface area (TPSA) is 124 Å². The fourth-order valence-corrected chi connectivity index (χ4v) is 3.81. The number of aliphatic hydroxyl groups excluding tert-OH is 1. The van der Waals surface area contributed by atoms with Crippen LogP contribution in [-0.2, 0) is 14.4 Å². The number of carboxylic acids is 1. The Balaban J connectivity index is 2.01. The average Bonchev–Trinajstić information content (AvgIpc) is 3.04. The Bertz CT molecular complexity index is 1050. The molecule has 3 N–H and O–H groups in total. The molecule has 2 aromatic carbocycles. The number of ether oxygens (including phenoxy) is 1. The lowest BCUT2D eigenvalue weighted by atomic mass is 9.95. The van der Waals surface area contributed by atoms with Crippen LogP contribution in [-0.4, -0.2) is 51.5 Å². The molecule has 1 saturated heterocycles. The van der Waals surface area contributed by atoms with Crippen molar-refractivity contribution in [3.63, 3.8) is 0 Å². The molecular formula is C24H25NO7. The zero-order valence-electron chi connectivity index (χ0n) is 17.7. The summed E-state index contributed by atoms with van der Waals surface area (Å²) in [7, 11) is 1.39. The fourth-order valence-electron chi connectivity index (χ4n) is 3.81. The summed E-state index contributed by atoms with van der Waals surface area (Å²) in [5, 5.41) is 29.7. The summed E-state index contributed by atoms with van der Waals surface area (Å²) in [5.74, 6) is -2.62. The number of hydrogen-bond acceptors (Lipinski definition) is 6. The summed E-state index contributed by atoms with van der Waals surface area (Å²) in [4.78, 5) is 37.9. The smallest absolute Gasteiger partial charge is 0.303 e. The van der Waals surface area contributed by atoms with Crippen LogP contribution in [0.3, 0.4) is 0 Å². The number of benzene rings is 2. The van der Waals surface area contributed by atoms with Crippen molar-refractivity contribution < 1.29 is 34.4 Å². The van der Waals surface area contributed by atoms with E-state index in [0.29, 0.717) is 30.4 Å².